The number of rotatable bonds is 7. The fourth-order valence-electron chi connectivity index (χ4n) is 2.61. The van der Waals surface area contributed by atoms with Crippen molar-refractivity contribution in [2.75, 3.05) is 0 Å². The number of nitrogens with zero attached hydrogens (tertiary/aromatic N) is 1. The van der Waals surface area contributed by atoms with E-state index in [9.17, 15) is 19.5 Å². The molecule has 2 aromatic rings. The van der Waals surface area contributed by atoms with Crippen LogP contribution in [0, 0.1) is 0 Å². The molecule has 1 aliphatic rings. The third kappa shape index (κ3) is 5.41. The van der Waals surface area contributed by atoms with Gasteiger partial charge in [0.05, 0.1) is 4.91 Å². The average Bonchev–Trinajstić information content (AvgIpc) is 3.00. The number of aliphatic carboxylic acids is 1. The van der Waals surface area contributed by atoms with Crippen LogP contribution >= 0.6 is 24.0 Å². The van der Waals surface area contributed by atoms with Gasteiger partial charge in [-0.2, -0.15) is 5.01 Å². The minimum atomic E-state index is -1.04. The van der Waals surface area contributed by atoms with Crippen molar-refractivity contribution in [3.8, 4) is 11.5 Å². The summed E-state index contributed by atoms with van der Waals surface area (Å²) < 4.78 is 5.59. The normalized spacial score (nSPS) is 15.8. The van der Waals surface area contributed by atoms with E-state index in [0.717, 1.165) is 16.8 Å². The Balaban J connectivity index is 1.69. The molecular weight excluding hydrogens is 440 g/mol. The van der Waals surface area contributed by atoms with Gasteiger partial charge in [-0.1, -0.05) is 30.8 Å². The van der Waals surface area contributed by atoms with Crippen LogP contribution in [0.5, 0.6) is 11.5 Å². The van der Waals surface area contributed by atoms with E-state index in [2.05, 4.69) is 5.43 Å². The van der Waals surface area contributed by atoms with Crippen molar-refractivity contribution in [2.24, 2.45) is 0 Å². The molecule has 3 rings (SSSR count). The maximum Gasteiger partial charge on any atom is 0.344 e. The van der Waals surface area contributed by atoms with E-state index < -0.39 is 23.9 Å². The minimum Gasteiger partial charge on any atom is -0.508 e. The first-order valence-electron chi connectivity index (χ1n) is 9.16. The molecule has 0 saturated carbocycles. The number of carboxylic acid groups (broad SMARTS) is 1. The molecule has 1 saturated heterocycles. The first-order chi connectivity index (χ1) is 14.8. The fraction of sp³-hybridized carbons (Fsp3) is 0.143. The Morgan fingerprint density at radius 1 is 1.19 bits per heavy atom. The number of phenols is 1. The van der Waals surface area contributed by atoms with Gasteiger partial charge in [0.2, 0.25) is 0 Å². The third-order valence-corrected chi connectivity index (χ3v) is 5.54. The summed E-state index contributed by atoms with van der Waals surface area (Å²) in [5.41, 5.74) is 3.41. The summed E-state index contributed by atoms with van der Waals surface area (Å²) in [6, 6.07) is 12.2. The first kappa shape index (κ1) is 22.3. The molecule has 1 fully saturated rings. The lowest BCUT2D eigenvalue weighted by molar-refractivity contribution is -0.145. The predicted octanol–water partition coefficient (Wildman–Crippen LogP) is 3.18. The van der Waals surface area contributed by atoms with Crippen LogP contribution < -0.4 is 10.2 Å². The Hall–Kier alpha value is -3.37. The predicted molar refractivity (Wildman–Crippen MR) is 119 cm³/mol. The molecule has 0 spiro atoms. The lowest BCUT2D eigenvalue weighted by Crippen LogP contribution is -2.44. The second-order valence-electron chi connectivity index (χ2n) is 6.43. The van der Waals surface area contributed by atoms with Gasteiger partial charge in [0, 0.05) is 5.56 Å². The van der Waals surface area contributed by atoms with Crippen LogP contribution in [0.25, 0.3) is 6.08 Å². The van der Waals surface area contributed by atoms with Gasteiger partial charge in [-0.05, 0) is 66.7 Å². The van der Waals surface area contributed by atoms with Crippen LogP contribution in [-0.2, 0) is 9.59 Å². The Labute approximate surface area is 187 Å². The van der Waals surface area contributed by atoms with E-state index in [0.29, 0.717) is 22.6 Å². The zero-order chi connectivity index (χ0) is 22.5. The Bertz CT molecular complexity index is 1050. The van der Waals surface area contributed by atoms with Crippen molar-refractivity contribution in [3.63, 3.8) is 0 Å². The number of nitrogens with one attached hydrogen (secondary N) is 1. The Morgan fingerprint density at radius 3 is 2.42 bits per heavy atom. The molecule has 1 aliphatic heterocycles. The molecule has 1 atom stereocenters. The number of hydrazine groups is 1. The van der Waals surface area contributed by atoms with E-state index >= 15 is 0 Å². The summed E-state index contributed by atoms with van der Waals surface area (Å²) in [5, 5.41) is 19.4. The van der Waals surface area contributed by atoms with Crippen molar-refractivity contribution >= 4 is 52.2 Å². The maximum atomic E-state index is 12.7. The first-order valence-corrected chi connectivity index (χ1v) is 10.4. The van der Waals surface area contributed by atoms with Gasteiger partial charge < -0.3 is 14.9 Å². The fourth-order valence-corrected chi connectivity index (χ4v) is 3.79. The molecule has 160 valence electrons. The van der Waals surface area contributed by atoms with E-state index in [1.165, 1.54) is 24.3 Å². The summed E-state index contributed by atoms with van der Waals surface area (Å²) in [6.45, 7) is 1.72. The molecule has 10 heteroatoms. The van der Waals surface area contributed by atoms with Crippen LogP contribution in [0.4, 0.5) is 0 Å². The molecule has 3 N–H and O–H groups in total. The number of carbonyl (C=O) groups is 3. The van der Waals surface area contributed by atoms with E-state index in [-0.39, 0.29) is 15.6 Å². The quantitative estimate of drug-likeness (QED) is 0.428. The van der Waals surface area contributed by atoms with Gasteiger partial charge in [-0.25, -0.2) is 4.79 Å². The van der Waals surface area contributed by atoms with E-state index in [1.54, 1.807) is 37.3 Å². The number of benzene rings is 2. The maximum absolute atomic E-state index is 12.7. The van der Waals surface area contributed by atoms with Crippen molar-refractivity contribution in [2.45, 2.75) is 19.4 Å². The molecule has 2 amide bonds. The number of thiocarbonyl (C=S) groups is 1. The second kappa shape index (κ2) is 9.63. The number of aromatic hydroxyl groups is 1. The van der Waals surface area contributed by atoms with Crippen molar-refractivity contribution in [1.82, 2.24) is 10.4 Å². The van der Waals surface area contributed by atoms with Crippen molar-refractivity contribution < 1.29 is 29.3 Å². The van der Waals surface area contributed by atoms with Crippen LogP contribution in [0.15, 0.2) is 53.4 Å². The largest absolute Gasteiger partial charge is 0.508 e. The van der Waals surface area contributed by atoms with Crippen LogP contribution in [0.2, 0.25) is 0 Å². The zero-order valence-corrected chi connectivity index (χ0v) is 17.9. The van der Waals surface area contributed by atoms with Crippen molar-refractivity contribution in [3.05, 3.63) is 64.6 Å². The number of hydrogen-bond acceptors (Lipinski definition) is 7. The molecule has 1 unspecified atom stereocenters. The number of hydrogen-bond donors (Lipinski definition) is 3. The van der Waals surface area contributed by atoms with Gasteiger partial charge >= 0.3 is 5.97 Å². The molecule has 2 aromatic carbocycles. The number of carboxylic acids is 1. The van der Waals surface area contributed by atoms with Gasteiger partial charge in [0.1, 0.15) is 11.5 Å². The monoisotopic (exact) mass is 458 g/mol. The number of phenolic OH excluding ortho intramolecular Hbond substituents is 1. The molecule has 8 nitrogen and oxygen atoms in total. The summed E-state index contributed by atoms with van der Waals surface area (Å²) in [6.07, 6.45) is 1.01. The van der Waals surface area contributed by atoms with Gasteiger partial charge in [0.25, 0.3) is 11.8 Å². The average molecular weight is 459 g/mol. The zero-order valence-electron chi connectivity index (χ0n) is 16.3. The Morgan fingerprint density at radius 2 is 1.84 bits per heavy atom. The third-order valence-electron chi connectivity index (χ3n) is 4.24. The van der Waals surface area contributed by atoms with Gasteiger partial charge in [-0.15, -0.1) is 0 Å². The summed E-state index contributed by atoms with van der Waals surface area (Å²) in [5.74, 6) is -1.62. The number of ether oxygens (including phenoxy) is 1. The smallest absolute Gasteiger partial charge is 0.344 e. The molecule has 0 radical (unpaired) electrons. The highest BCUT2D eigenvalue weighted by Crippen LogP contribution is 2.32. The summed E-state index contributed by atoms with van der Waals surface area (Å²) >= 11 is 6.25. The van der Waals surface area contributed by atoms with E-state index in [1.807, 2.05) is 0 Å². The summed E-state index contributed by atoms with van der Waals surface area (Å²) in [4.78, 5) is 36.4. The van der Waals surface area contributed by atoms with Crippen LogP contribution in [0.1, 0.15) is 29.3 Å². The molecule has 0 aromatic heterocycles. The molecule has 1 heterocycles. The minimum absolute atomic E-state index is 0.0229. The second-order valence-corrected chi connectivity index (χ2v) is 8.10. The van der Waals surface area contributed by atoms with Gasteiger partial charge in [0.15, 0.2) is 10.4 Å². The number of amides is 2. The SMILES string of the molecule is CCC(Oc1ccc(/C=C2\SC(=S)N(NC(=O)c3ccc(O)cc3)C2=O)cc1)C(=O)O. The number of thioether (sulfide) groups is 1. The molecule has 0 aliphatic carbocycles. The number of carbonyl (C=O) groups excluding carboxylic acids is 2. The van der Waals surface area contributed by atoms with Crippen molar-refractivity contribution in [1.29, 1.82) is 0 Å². The molecular formula is C21H18N2O6S2. The van der Waals surface area contributed by atoms with E-state index in [4.69, 9.17) is 22.1 Å². The van der Waals surface area contributed by atoms with Crippen LogP contribution in [0.3, 0.4) is 0 Å². The highest BCUT2D eigenvalue weighted by molar-refractivity contribution is 8.26. The van der Waals surface area contributed by atoms with Crippen LogP contribution in [-0.4, -0.2) is 43.4 Å². The highest BCUT2D eigenvalue weighted by Gasteiger charge is 2.33. The topological polar surface area (TPSA) is 116 Å². The molecule has 31 heavy (non-hydrogen) atoms. The lowest BCUT2D eigenvalue weighted by Gasteiger charge is -2.15. The Kier molecular flexibility index (Phi) is 6.93. The molecule has 0 bridgehead atoms. The lowest BCUT2D eigenvalue weighted by atomic mass is 10.2. The summed E-state index contributed by atoms with van der Waals surface area (Å²) in [7, 11) is 0. The van der Waals surface area contributed by atoms with Gasteiger partial charge in [-0.3, -0.25) is 15.0 Å². The highest BCUT2D eigenvalue weighted by atomic mass is 32.2. The standard InChI is InChI=1S/C21H18N2O6S2/c1-2-16(20(27)28)29-15-9-3-12(4-10-15)11-17-19(26)23(21(30)31-17)22-18(25)13-5-7-14(24)8-6-13/h3-11,16,24H,2H2,1H3,(H,22,25)(H,27,28)/b17-11-.